The quantitative estimate of drug-likeness (QED) is 0.868. The van der Waals surface area contributed by atoms with Gasteiger partial charge in [0.25, 0.3) is 0 Å². The van der Waals surface area contributed by atoms with Crippen molar-refractivity contribution < 1.29 is 9.32 Å². The molecule has 1 fully saturated rings. The van der Waals surface area contributed by atoms with E-state index in [4.69, 9.17) is 4.52 Å². The molecular formula is C18H23N3O2. The molecule has 0 bridgehead atoms. The Bertz CT molecular complexity index is 694. The molecule has 1 aromatic heterocycles. The van der Waals surface area contributed by atoms with Gasteiger partial charge in [-0.3, -0.25) is 4.79 Å². The maximum atomic E-state index is 12.0. The fourth-order valence-electron chi connectivity index (χ4n) is 2.48. The van der Waals surface area contributed by atoms with Gasteiger partial charge in [-0.05, 0) is 23.8 Å². The number of hydrogen-bond donors (Lipinski definition) is 0. The first-order chi connectivity index (χ1) is 10.8. The Kier molecular flexibility index (Phi) is 3.96. The van der Waals surface area contributed by atoms with Crippen LogP contribution in [0.15, 0.2) is 28.8 Å². The average Bonchev–Trinajstić information content (AvgIpc) is 3.25. The van der Waals surface area contributed by atoms with Crippen LogP contribution < -0.4 is 0 Å². The van der Waals surface area contributed by atoms with Crippen LogP contribution in [0, 0.1) is 5.92 Å². The van der Waals surface area contributed by atoms with Crippen LogP contribution in [0.5, 0.6) is 0 Å². The van der Waals surface area contributed by atoms with E-state index in [2.05, 4.69) is 43.0 Å². The number of hydrogen-bond acceptors (Lipinski definition) is 4. The van der Waals surface area contributed by atoms with E-state index < -0.39 is 0 Å². The van der Waals surface area contributed by atoms with Gasteiger partial charge in [0, 0.05) is 18.5 Å². The molecule has 1 aliphatic carbocycles. The van der Waals surface area contributed by atoms with E-state index >= 15 is 0 Å². The first-order valence-corrected chi connectivity index (χ1v) is 8.03. The summed E-state index contributed by atoms with van der Waals surface area (Å²) in [6.07, 6.45) is 2.00. The highest BCUT2D eigenvalue weighted by Crippen LogP contribution is 2.31. The van der Waals surface area contributed by atoms with E-state index in [1.807, 2.05) is 12.1 Å². The lowest BCUT2D eigenvalue weighted by molar-refractivity contribution is -0.132. The fourth-order valence-corrected chi connectivity index (χ4v) is 2.48. The van der Waals surface area contributed by atoms with Gasteiger partial charge in [-0.25, -0.2) is 0 Å². The van der Waals surface area contributed by atoms with Crippen LogP contribution >= 0.6 is 0 Å². The summed E-state index contributed by atoms with van der Waals surface area (Å²) < 4.78 is 5.28. The number of aromatic nitrogens is 2. The number of carbonyl (C=O) groups excluding carboxylic acids is 1. The summed E-state index contributed by atoms with van der Waals surface area (Å²) in [4.78, 5) is 18.0. The van der Waals surface area contributed by atoms with Gasteiger partial charge in [0.15, 0.2) is 0 Å². The lowest BCUT2D eigenvalue weighted by Crippen LogP contribution is -2.27. The van der Waals surface area contributed by atoms with E-state index in [0.29, 0.717) is 18.3 Å². The Labute approximate surface area is 136 Å². The SMILES string of the molecule is CN(Cc1nc(-c2ccc(C(C)(C)C)cc2)no1)C(=O)C1CC1. The number of benzene rings is 1. The van der Waals surface area contributed by atoms with E-state index in [-0.39, 0.29) is 17.2 Å². The van der Waals surface area contributed by atoms with E-state index in [1.165, 1.54) is 5.56 Å². The van der Waals surface area contributed by atoms with Crippen molar-refractivity contribution in [3.05, 3.63) is 35.7 Å². The molecule has 23 heavy (non-hydrogen) atoms. The molecule has 0 saturated heterocycles. The lowest BCUT2D eigenvalue weighted by atomic mass is 9.87. The van der Waals surface area contributed by atoms with Crippen molar-refractivity contribution in [3.63, 3.8) is 0 Å². The number of carbonyl (C=O) groups is 1. The molecule has 1 saturated carbocycles. The molecule has 1 amide bonds. The Hall–Kier alpha value is -2.17. The summed E-state index contributed by atoms with van der Waals surface area (Å²) in [5.41, 5.74) is 2.30. The van der Waals surface area contributed by atoms with Crippen molar-refractivity contribution in [2.24, 2.45) is 5.92 Å². The van der Waals surface area contributed by atoms with Crippen LogP contribution in [-0.4, -0.2) is 28.0 Å². The Morgan fingerprint density at radius 2 is 1.91 bits per heavy atom. The molecule has 1 aromatic carbocycles. The van der Waals surface area contributed by atoms with Crippen LogP contribution in [0.25, 0.3) is 11.4 Å². The van der Waals surface area contributed by atoms with Gasteiger partial charge in [0.1, 0.15) is 0 Å². The van der Waals surface area contributed by atoms with Crippen molar-refractivity contribution in [2.75, 3.05) is 7.05 Å². The molecule has 5 heteroatoms. The largest absolute Gasteiger partial charge is 0.337 e. The third-order valence-corrected chi connectivity index (χ3v) is 4.15. The minimum atomic E-state index is 0.118. The highest BCUT2D eigenvalue weighted by Gasteiger charge is 2.32. The maximum Gasteiger partial charge on any atom is 0.246 e. The van der Waals surface area contributed by atoms with E-state index in [1.54, 1.807) is 11.9 Å². The first kappa shape index (κ1) is 15.7. The summed E-state index contributed by atoms with van der Waals surface area (Å²) in [5, 5.41) is 4.03. The summed E-state index contributed by atoms with van der Waals surface area (Å²) in [5.74, 6) is 1.40. The number of amides is 1. The van der Waals surface area contributed by atoms with Crippen LogP contribution in [-0.2, 0) is 16.8 Å². The number of rotatable bonds is 4. The van der Waals surface area contributed by atoms with Crippen LogP contribution in [0.3, 0.4) is 0 Å². The highest BCUT2D eigenvalue weighted by atomic mass is 16.5. The van der Waals surface area contributed by atoms with Gasteiger partial charge in [-0.1, -0.05) is 50.2 Å². The van der Waals surface area contributed by atoms with Crippen LogP contribution in [0.1, 0.15) is 45.1 Å². The average molecular weight is 313 g/mol. The van der Waals surface area contributed by atoms with Crippen molar-refractivity contribution in [2.45, 2.75) is 45.6 Å². The van der Waals surface area contributed by atoms with Crippen molar-refractivity contribution in [3.8, 4) is 11.4 Å². The van der Waals surface area contributed by atoms with Gasteiger partial charge in [-0.15, -0.1) is 0 Å². The molecule has 2 aromatic rings. The zero-order valence-electron chi connectivity index (χ0n) is 14.2. The third kappa shape index (κ3) is 3.60. The zero-order valence-corrected chi connectivity index (χ0v) is 14.2. The van der Waals surface area contributed by atoms with Gasteiger partial charge in [0.05, 0.1) is 6.54 Å². The molecule has 0 atom stereocenters. The first-order valence-electron chi connectivity index (χ1n) is 8.03. The predicted molar refractivity (Wildman–Crippen MR) is 87.6 cm³/mol. The van der Waals surface area contributed by atoms with E-state index in [0.717, 1.165) is 18.4 Å². The highest BCUT2D eigenvalue weighted by molar-refractivity contribution is 5.80. The second-order valence-electron chi connectivity index (χ2n) is 7.31. The predicted octanol–water partition coefficient (Wildman–Crippen LogP) is 3.40. The molecular weight excluding hydrogens is 290 g/mol. The van der Waals surface area contributed by atoms with Crippen molar-refractivity contribution >= 4 is 5.91 Å². The molecule has 3 rings (SSSR count). The molecule has 0 radical (unpaired) electrons. The maximum absolute atomic E-state index is 12.0. The van der Waals surface area contributed by atoms with Crippen LogP contribution in [0.2, 0.25) is 0 Å². The monoisotopic (exact) mass is 313 g/mol. The molecule has 0 aliphatic heterocycles. The Morgan fingerprint density at radius 1 is 1.26 bits per heavy atom. The molecule has 0 N–H and O–H groups in total. The smallest absolute Gasteiger partial charge is 0.246 e. The minimum Gasteiger partial charge on any atom is -0.337 e. The Balaban J connectivity index is 1.70. The molecule has 0 spiro atoms. The third-order valence-electron chi connectivity index (χ3n) is 4.15. The van der Waals surface area contributed by atoms with Crippen LogP contribution in [0.4, 0.5) is 0 Å². The summed E-state index contributed by atoms with van der Waals surface area (Å²) in [6.45, 7) is 6.91. The topological polar surface area (TPSA) is 59.2 Å². The second kappa shape index (κ2) is 5.80. The van der Waals surface area contributed by atoms with Gasteiger partial charge >= 0.3 is 0 Å². The van der Waals surface area contributed by atoms with Crippen molar-refractivity contribution in [1.82, 2.24) is 15.0 Å². The molecule has 1 heterocycles. The van der Waals surface area contributed by atoms with Gasteiger partial charge in [0.2, 0.25) is 17.6 Å². The molecule has 122 valence electrons. The molecule has 5 nitrogen and oxygen atoms in total. The number of nitrogens with zero attached hydrogens (tertiary/aromatic N) is 3. The molecule has 0 unspecified atom stereocenters. The summed E-state index contributed by atoms with van der Waals surface area (Å²) in [6, 6.07) is 8.20. The summed E-state index contributed by atoms with van der Waals surface area (Å²) >= 11 is 0. The lowest BCUT2D eigenvalue weighted by Gasteiger charge is -2.18. The Morgan fingerprint density at radius 3 is 2.48 bits per heavy atom. The fraction of sp³-hybridized carbons (Fsp3) is 0.500. The minimum absolute atomic E-state index is 0.118. The standard InChI is InChI=1S/C18H23N3O2/c1-18(2,3)14-9-7-12(8-10-14)16-19-15(23-20-16)11-21(4)17(22)13-5-6-13/h7-10,13H,5-6,11H2,1-4H3. The summed E-state index contributed by atoms with van der Waals surface area (Å²) in [7, 11) is 1.78. The van der Waals surface area contributed by atoms with Gasteiger partial charge < -0.3 is 9.42 Å². The zero-order chi connectivity index (χ0) is 16.6. The van der Waals surface area contributed by atoms with E-state index in [9.17, 15) is 4.79 Å². The van der Waals surface area contributed by atoms with Gasteiger partial charge in [-0.2, -0.15) is 4.98 Å². The normalized spacial score (nSPS) is 14.8. The molecule has 1 aliphatic rings. The second-order valence-corrected chi connectivity index (χ2v) is 7.31. The van der Waals surface area contributed by atoms with Crippen molar-refractivity contribution in [1.29, 1.82) is 0 Å².